The number of benzene rings is 1. The molecule has 4 nitrogen and oxygen atoms in total. The van der Waals surface area contributed by atoms with Crippen molar-refractivity contribution in [3.63, 3.8) is 0 Å². The molecule has 1 aliphatic heterocycles. The predicted octanol–water partition coefficient (Wildman–Crippen LogP) is 1.45. The number of hydrogen-bond acceptors (Lipinski definition) is 3. The van der Waals surface area contributed by atoms with Gasteiger partial charge >= 0.3 is 5.97 Å². The second-order valence-electron chi connectivity index (χ2n) is 3.70. The molecule has 0 spiro atoms. The number of rotatable bonds is 2. The highest BCUT2D eigenvalue weighted by atomic mass is 35.5. The van der Waals surface area contributed by atoms with Crippen LogP contribution in [0.4, 0.5) is 0 Å². The van der Waals surface area contributed by atoms with E-state index in [0.29, 0.717) is 23.7 Å². The van der Waals surface area contributed by atoms with Gasteiger partial charge in [0.1, 0.15) is 11.8 Å². The summed E-state index contributed by atoms with van der Waals surface area (Å²) in [5.74, 6) is -0.268. The molecule has 86 valence electrons. The molecule has 2 rings (SSSR count). The normalized spacial score (nSPS) is 19.0. The van der Waals surface area contributed by atoms with E-state index in [0.717, 1.165) is 11.1 Å². The number of fused-ring (bicyclic) bond motifs is 1. The van der Waals surface area contributed by atoms with Gasteiger partial charge in [-0.3, -0.25) is 4.79 Å². The number of carboxylic acids is 1. The predicted molar refractivity (Wildman–Crippen MR) is 60.0 cm³/mol. The number of methoxy groups -OCH3 is 1. The first-order valence-corrected chi connectivity index (χ1v) is 5.31. The Morgan fingerprint density at radius 3 is 3.00 bits per heavy atom. The van der Waals surface area contributed by atoms with E-state index in [1.165, 1.54) is 0 Å². The van der Waals surface area contributed by atoms with E-state index < -0.39 is 12.0 Å². The van der Waals surface area contributed by atoms with Crippen LogP contribution in [-0.2, 0) is 17.8 Å². The molecule has 1 aromatic carbocycles. The molecule has 0 aromatic heterocycles. The molecule has 1 aliphatic rings. The Hall–Kier alpha value is -1.26. The van der Waals surface area contributed by atoms with E-state index >= 15 is 0 Å². The quantitative estimate of drug-likeness (QED) is 0.823. The summed E-state index contributed by atoms with van der Waals surface area (Å²) in [4.78, 5) is 10.9. The Balaban J connectivity index is 2.38. The molecule has 0 saturated carbocycles. The lowest BCUT2D eigenvalue weighted by Gasteiger charge is -2.24. The number of ether oxygens (including phenoxy) is 1. The Morgan fingerprint density at radius 1 is 1.62 bits per heavy atom. The zero-order chi connectivity index (χ0) is 11.7. The van der Waals surface area contributed by atoms with E-state index in [9.17, 15) is 4.79 Å². The van der Waals surface area contributed by atoms with Crippen LogP contribution >= 0.6 is 11.6 Å². The Bertz CT molecular complexity index is 433. The maximum Gasteiger partial charge on any atom is 0.321 e. The summed E-state index contributed by atoms with van der Waals surface area (Å²) in [6.07, 6.45) is 0.390. The molecular weight excluding hydrogens is 230 g/mol. The van der Waals surface area contributed by atoms with Crippen molar-refractivity contribution in [2.75, 3.05) is 7.11 Å². The van der Waals surface area contributed by atoms with Gasteiger partial charge in [0, 0.05) is 13.0 Å². The van der Waals surface area contributed by atoms with Gasteiger partial charge in [0.2, 0.25) is 0 Å². The number of halogens is 1. The molecule has 16 heavy (non-hydrogen) atoms. The third-order valence-electron chi connectivity index (χ3n) is 2.77. The third kappa shape index (κ3) is 1.86. The number of hydrogen-bond donors (Lipinski definition) is 2. The van der Waals surface area contributed by atoms with Crippen LogP contribution in [0.2, 0.25) is 5.02 Å². The summed E-state index contributed by atoms with van der Waals surface area (Å²) in [7, 11) is 1.55. The van der Waals surface area contributed by atoms with Crippen molar-refractivity contribution in [2.24, 2.45) is 0 Å². The summed E-state index contributed by atoms with van der Waals surface area (Å²) >= 11 is 6.15. The van der Waals surface area contributed by atoms with E-state index in [1.807, 2.05) is 6.07 Å². The molecular formula is C11H12ClNO3. The molecule has 0 amide bonds. The van der Waals surface area contributed by atoms with Gasteiger partial charge in [0.25, 0.3) is 0 Å². The summed E-state index contributed by atoms with van der Waals surface area (Å²) < 4.78 is 5.11. The second-order valence-corrected chi connectivity index (χ2v) is 4.07. The Kier molecular flexibility index (Phi) is 3.03. The second kappa shape index (κ2) is 4.31. The summed E-state index contributed by atoms with van der Waals surface area (Å²) in [5, 5.41) is 12.4. The van der Waals surface area contributed by atoms with Crippen LogP contribution in [0.15, 0.2) is 12.1 Å². The molecule has 1 heterocycles. The van der Waals surface area contributed by atoms with Crippen LogP contribution in [0.25, 0.3) is 0 Å². The van der Waals surface area contributed by atoms with E-state index in [-0.39, 0.29) is 0 Å². The minimum Gasteiger partial charge on any atom is -0.495 e. The molecule has 0 saturated heterocycles. The van der Waals surface area contributed by atoms with Gasteiger partial charge in [-0.2, -0.15) is 0 Å². The molecule has 0 bridgehead atoms. The Morgan fingerprint density at radius 2 is 2.38 bits per heavy atom. The standard InChI is InChI=1S/C11H12ClNO3/c1-16-9-3-2-6-5-13-8(11(14)15)4-7(6)10(9)12/h2-3,8,13H,4-5H2,1H3,(H,14,15). The van der Waals surface area contributed by atoms with Gasteiger partial charge in [-0.15, -0.1) is 0 Å². The lowest BCUT2D eigenvalue weighted by Crippen LogP contribution is -2.41. The molecule has 1 unspecified atom stereocenters. The minimum absolute atomic E-state index is 0.390. The largest absolute Gasteiger partial charge is 0.495 e. The first kappa shape index (κ1) is 11.2. The van der Waals surface area contributed by atoms with Crippen LogP contribution in [0, 0.1) is 0 Å². The highest BCUT2D eigenvalue weighted by Gasteiger charge is 2.26. The van der Waals surface area contributed by atoms with Crippen LogP contribution in [0.1, 0.15) is 11.1 Å². The Labute approximate surface area is 98.2 Å². The summed E-state index contributed by atoms with van der Waals surface area (Å²) in [6, 6.07) is 3.13. The molecule has 0 radical (unpaired) electrons. The molecule has 1 atom stereocenters. The maximum absolute atomic E-state index is 10.9. The SMILES string of the molecule is COc1ccc2c(c1Cl)CC(C(=O)O)NC2. The summed E-state index contributed by atoms with van der Waals surface area (Å²) in [5.41, 5.74) is 1.90. The monoisotopic (exact) mass is 241 g/mol. The fraction of sp³-hybridized carbons (Fsp3) is 0.364. The van der Waals surface area contributed by atoms with Crippen molar-refractivity contribution in [3.8, 4) is 5.75 Å². The topological polar surface area (TPSA) is 58.6 Å². The van der Waals surface area contributed by atoms with Crippen molar-refractivity contribution in [3.05, 3.63) is 28.3 Å². The van der Waals surface area contributed by atoms with Gasteiger partial charge in [0.15, 0.2) is 0 Å². The van der Waals surface area contributed by atoms with Crippen molar-refractivity contribution < 1.29 is 14.6 Å². The average Bonchev–Trinajstić information content (AvgIpc) is 2.29. The first-order chi connectivity index (χ1) is 7.63. The molecule has 0 aliphatic carbocycles. The van der Waals surface area contributed by atoms with Gasteiger partial charge in [-0.05, 0) is 17.2 Å². The van der Waals surface area contributed by atoms with Crippen LogP contribution in [-0.4, -0.2) is 24.2 Å². The van der Waals surface area contributed by atoms with Crippen molar-refractivity contribution >= 4 is 17.6 Å². The van der Waals surface area contributed by atoms with Crippen molar-refractivity contribution in [1.29, 1.82) is 0 Å². The van der Waals surface area contributed by atoms with Crippen molar-refractivity contribution in [1.82, 2.24) is 5.32 Å². The van der Waals surface area contributed by atoms with E-state index in [1.54, 1.807) is 13.2 Å². The number of aliphatic carboxylic acids is 1. The maximum atomic E-state index is 10.9. The van der Waals surface area contributed by atoms with Crippen LogP contribution < -0.4 is 10.1 Å². The van der Waals surface area contributed by atoms with Gasteiger partial charge < -0.3 is 15.2 Å². The lowest BCUT2D eigenvalue weighted by molar-refractivity contribution is -0.139. The average molecular weight is 242 g/mol. The van der Waals surface area contributed by atoms with Crippen molar-refractivity contribution in [2.45, 2.75) is 19.0 Å². The highest BCUT2D eigenvalue weighted by Crippen LogP contribution is 2.33. The molecule has 2 N–H and O–H groups in total. The van der Waals surface area contributed by atoms with Gasteiger partial charge in [0.05, 0.1) is 12.1 Å². The fourth-order valence-electron chi connectivity index (χ4n) is 1.87. The highest BCUT2D eigenvalue weighted by molar-refractivity contribution is 6.33. The van der Waals surface area contributed by atoms with Crippen LogP contribution in [0.5, 0.6) is 5.75 Å². The zero-order valence-corrected chi connectivity index (χ0v) is 9.54. The molecule has 5 heteroatoms. The number of carbonyl (C=O) groups is 1. The zero-order valence-electron chi connectivity index (χ0n) is 8.79. The summed E-state index contributed by atoms with van der Waals surface area (Å²) in [6.45, 7) is 0.524. The minimum atomic E-state index is -0.857. The van der Waals surface area contributed by atoms with Gasteiger partial charge in [-0.25, -0.2) is 0 Å². The fourth-order valence-corrected chi connectivity index (χ4v) is 2.21. The van der Waals surface area contributed by atoms with E-state index in [4.69, 9.17) is 21.4 Å². The first-order valence-electron chi connectivity index (χ1n) is 4.94. The number of nitrogens with one attached hydrogen (secondary N) is 1. The lowest BCUT2D eigenvalue weighted by atomic mass is 9.95. The van der Waals surface area contributed by atoms with E-state index in [2.05, 4.69) is 5.32 Å². The smallest absolute Gasteiger partial charge is 0.321 e. The number of carboxylic acid groups (broad SMARTS) is 1. The molecule has 1 aromatic rings. The van der Waals surface area contributed by atoms with Gasteiger partial charge in [-0.1, -0.05) is 17.7 Å². The van der Waals surface area contributed by atoms with Crippen LogP contribution in [0.3, 0.4) is 0 Å². The molecule has 0 fully saturated rings. The third-order valence-corrected chi connectivity index (χ3v) is 3.18.